The average Bonchev–Trinajstić information content (AvgIpc) is 3.19. The summed E-state index contributed by atoms with van der Waals surface area (Å²) < 4.78 is 47.2. The summed E-state index contributed by atoms with van der Waals surface area (Å²) >= 11 is 0. The van der Waals surface area contributed by atoms with Crippen LogP contribution >= 0.6 is 0 Å². The first kappa shape index (κ1) is 20.3. The van der Waals surface area contributed by atoms with Gasteiger partial charge in [-0.1, -0.05) is 17.3 Å². The Morgan fingerprint density at radius 2 is 1.82 bits per heavy atom. The molecule has 0 aliphatic carbocycles. The molecule has 152 valence electrons. The molecule has 1 aliphatic heterocycles. The number of ether oxygens (including phenoxy) is 1. The van der Waals surface area contributed by atoms with Crippen molar-refractivity contribution in [2.24, 2.45) is 0 Å². The van der Waals surface area contributed by atoms with E-state index in [0.717, 1.165) is 13.1 Å². The smallest absolute Gasteiger partial charge is 0.379 e. The van der Waals surface area contributed by atoms with Crippen LogP contribution in [0.5, 0.6) is 0 Å². The van der Waals surface area contributed by atoms with Crippen LogP contribution in [0.15, 0.2) is 28.8 Å². The average molecular weight is 398 g/mol. The molecule has 1 aromatic carbocycles. The maximum atomic E-state index is 12.5. The molecule has 10 heteroatoms. The second kappa shape index (κ2) is 8.27. The predicted octanol–water partition coefficient (Wildman–Crippen LogP) is 2.59. The molecule has 0 spiro atoms. The first-order chi connectivity index (χ1) is 13.3. The first-order valence-electron chi connectivity index (χ1n) is 8.89. The molecule has 1 saturated heterocycles. The van der Waals surface area contributed by atoms with Crippen LogP contribution in [0, 0.1) is 0 Å². The zero-order valence-electron chi connectivity index (χ0n) is 15.5. The molecule has 0 saturated carbocycles. The molecule has 0 unspecified atom stereocenters. The van der Waals surface area contributed by atoms with E-state index >= 15 is 0 Å². The van der Waals surface area contributed by atoms with Gasteiger partial charge in [-0.15, -0.1) is 0 Å². The van der Waals surface area contributed by atoms with Gasteiger partial charge in [0.05, 0.1) is 13.2 Å². The third-order valence-corrected chi connectivity index (χ3v) is 4.78. The van der Waals surface area contributed by atoms with E-state index in [9.17, 15) is 18.0 Å². The standard InChI is InChI=1S/C18H21F3N4O3/c1-11(12(2)25-7-9-27-10-8-25)22-16(26)14-5-3-13(4-6-14)15-23-17(28-24-15)18(19,20)21/h3-6,11-12H,7-10H2,1-2H3,(H,22,26)/t11-,12-/m1/s1. The number of aromatic nitrogens is 2. The Hall–Kier alpha value is -2.46. The largest absolute Gasteiger partial charge is 0.471 e. The van der Waals surface area contributed by atoms with E-state index in [1.165, 1.54) is 24.3 Å². The highest BCUT2D eigenvalue weighted by atomic mass is 19.4. The van der Waals surface area contributed by atoms with Crippen molar-refractivity contribution in [2.75, 3.05) is 26.3 Å². The molecule has 0 radical (unpaired) electrons. The lowest BCUT2D eigenvalue weighted by Gasteiger charge is -2.35. The third kappa shape index (κ3) is 4.68. The number of morpholine rings is 1. The van der Waals surface area contributed by atoms with E-state index in [1.54, 1.807) is 0 Å². The normalized spacial score (nSPS) is 17.9. The Kier molecular flexibility index (Phi) is 5.99. The van der Waals surface area contributed by atoms with Crippen LogP contribution in [-0.4, -0.2) is 59.3 Å². The number of carbonyl (C=O) groups is 1. The summed E-state index contributed by atoms with van der Waals surface area (Å²) in [5.41, 5.74) is 0.717. The number of carbonyl (C=O) groups excluding carboxylic acids is 1. The van der Waals surface area contributed by atoms with Crippen LogP contribution in [-0.2, 0) is 10.9 Å². The summed E-state index contributed by atoms with van der Waals surface area (Å²) in [5.74, 6) is -1.85. The van der Waals surface area contributed by atoms with E-state index < -0.39 is 12.1 Å². The number of nitrogens with zero attached hydrogens (tertiary/aromatic N) is 3. The molecular formula is C18H21F3N4O3. The summed E-state index contributed by atoms with van der Waals surface area (Å²) in [4.78, 5) is 18.1. The summed E-state index contributed by atoms with van der Waals surface area (Å²) in [6.07, 6.45) is -4.70. The zero-order chi connectivity index (χ0) is 20.3. The van der Waals surface area contributed by atoms with Gasteiger partial charge in [-0.25, -0.2) is 0 Å². The molecule has 1 fully saturated rings. The Bertz CT molecular complexity index is 801. The lowest BCUT2D eigenvalue weighted by atomic mass is 10.1. The molecule has 7 nitrogen and oxygen atoms in total. The van der Waals surface area contributed by atoms with Crippen molar-refractivity contribution in [3.63, 3.8) is 0 Å². The van der Waals surface area contributed by atoms with Crippen molar-refractivity contribution in [1.29, 1.82) is 0 Å². The lowest BCUT2D eigenvalue weighted by molar-refractivity contribution is -0.159. The second-order valence-electron chi connectivity index (χ2n) is 6.65. The van der Waals surface area contributed by atoms with Gasteiger partial charge in [-0.3, -0.25) is 9.69 Å². The van der Waals surface area contributed by atoms with Gasteiger partial charge < -0.3 is 14.6 Å². The molecule has 2 atom stereocenters. The predicted molar refractivity (Wildman–Crippen MR) is 93.5 cm³/mol. The molecule has 2 aromatic rings. The van der Waals surface area contributed by atoms with Crippen molar-refractivity contribution >= 4 is 5.91 Å². The van der Waals surface area contributed by atoms with Gasteiger partial charge in [0.15, 0.2) is 0 Å². The van der Waals surface area contributed by atoms with E-state index in [2.05, 4.69) is 24.9 Å². The van der Waals surface area contributed by atoms with Gasteiger partial charge in [-0.05, 0) is 26.0 Å². The van der Waals surface area contributed by atoms with E-state index in [4.69, 9.17) is 4.74 Å². The summed E-state index contributed by atoms with van der Waals surface area (Å²) in [5, 5.41) is 6.28. The van der Waals surface area contributed by atoms with Crippen molar-refractivity contribution in [3.8, 4) is 11.4 Å². The highest BCUT2D eigenvalue weighted by molar-refractivity contribution is 5.94. The minimum absolute atomic E-state index is 0.0863. The van der Waals surface area contributed by atoms with Crippen LogP contribution < -0.4 is 5.32 Å². The lowest BCUT2D eigenvalue weighted by Crippen LogP contribution is -2.52. The molecule has 2 heterocycles. The summed E-state index contributed by atoms with van der Waals surface area (Å²) in [6.45, 7) is 6.98. The molecule has 1 aromatic heterocycles. The van der Waals surface area contributed by atoms with Crippen molar-refractivity contribution in [1.82, 2.24) is 20.4 Å². The van der Waals surface area contributed by atoms with Gasteiger partial charge in [0.25, 0.3) is 5.91 Å². The highest BCUT2D eigenvalue weighted by Gasteiger charge is 2.38. The Labute approximate surface area is 159 Å². The van der Waals surface area contributed by atoms with Crippen LogP contribution in [0.25, 0.3) is 11.4 Å². The van der Waals surface area contributed by atoms with Gasteiger partial charge in [-0.2, -0.15) is 18.2 Å². The van der Waals surface area contributed by atoms with Crippen LogP contribution in [0.1, 0.15) is 30.1 Å². The number of hydrogen-bond donors (Lipinski definition) is 1. The van der Waals surface area contributed by atoms with Crippen LogP contribution in [0.2, 0.25) is 0 Å². The zero-order valence-corrected chi connectivity index (χ0v) is 15.5. The third-order valence-electron chi connectivity index (χ3n) is 4.78. The summed E-state index contributed by atoms with van der Waals surface area (Å²) in [6, 6.07) is 6.05. The van der Waals surface area contributed by atoms with Crippen molar-refractivity contribution < 1.29 is 27.2 Å². The monoisotopic (exact) mass is 398 g/mol. The van der Waals surface area contributed by atoms with E-state index in [0.29, 0.717) is 24.3 Å². The van der Waals surface area contributed by atoms with Gasteiger partial charge in [0, 0.05) is 36.3 Å². The van der Waals surface area contributed by atoms with Gasteiger partial charge in [0.1, 0.15) is 0 Å². The fourth-order valence-electron chi connectivity index (χ4n) is 2.94. The van der Waals surface area contributed by atoms with Crippen molar-refractivity contribution in [3.05, 3.63) is 35.7 Å². The molecule has 3 rings (SSSR count). The fraction of sp³-hybridized carbons (Fsp3) is 0.500. The number of alkyl halides is 3. The molecule has 0 bridgehead atoms. The molecule has 1 N–H and O–H groups in total. The van der Waals surface area contributed by atoms with E-state index in [1.807, 2.05) is 13.8 Å². The minimum Gasteiger partial charge on any atom is -0.379 e. The first-order valence-corrected chi connectivity index (χ1v) is 8.89. The Balaban J connectivity index is 1.62. The highest BCUT2D eigenvalue weighted by Crippen LogP contribution is 2.29. The maximum absolute atomic E-state index is 12.5. The number of amides is 1. The van der Waals surface area contributed by atoms with Crippen LogP contribution in [0.4, 0.5) is 13.2 Å². The maximum Gasteiger partial charge on any atom is 0.471 e. The van der Waals surface area contributed by atoms with Gasteiger partial charge in [0.2, 0.25) is 5.82 Å². The molecule has 1 amide bonds. The minimum atomic E-state index is -4.70. The van der Waals surface area contributed by atoms with Gasteiger partial charge >= 0.3 is 12.1 Å². The number of nitrogens with one attached hydrogen (secondary N) is 1. The Morgan fingerprint density at radius 1 is 1.18 bits per heavy atom. The number of halogens is 3. The number of rotatable bonds is 5. The van der Waals surface area contributed by atoms with E-state index in [-0.39, 0.29) is 23.8 Å². The Morgan fingerprint density at radius 3 is 2.39 bits per heavy atom. The number of benzene rings is 1. The fourth-order valence-corrected chi connectivity index (χ4v) is 2.94. The molecular weight excluding hydrogens is 377 g/mol. The van der Waals surface area contributed by atoms with Crippen molar-refractivity contribution in [2.45, 2.75) is 32.1 Å². The summed E-state index contributed by atoms with van der Waals surface area (Å²) in [7, 11) is 0. The topological polar surface area (TPSA) is 80.5 Å². The quantitative estimate of drug-likeness (QED) is 0.834. The number of hydrogen-bond acceptors (Lipinski definition) is 6. The second-order valence-corrected chi connectivity index (χ2v) is 6.65. The SMILES string of the molecule is C[C@H]([C@@H](C)NC(=O)c1ccc(-c2noc(C(F)(F)F)n2)cc1)N1CCOCC1. The molecule has 1 aliphatic rings. The molecule has 28 heavy (non-hydrogen) atoms. The van der Waals surface area contributed by atoms with Crippen LogP contribution in [0.3, 0.4) is 0 Å².